The summed E-state index contributed by atoms with van der Waals surface area (Å²) in [4.78, 5) is 18.6. The standard InChI is InChI=1S/C22H28N2OS/c1-23(2)14-16-9-11-17(12-10-16)20-8-5-13-24(20)22(25)21-19-7-4-3-6-18(19)15-26-21/h9-12,15,20H,3-8,13-14H2,1-2H3/t20-/m1/s1. The molecule has 0 spiro atoms. The van der Waals surface area contributed by atoms with Gasteiger partial charge in [-0.1, -0.05) is 24.3 Å². The lowest BCUT2D eigenvalue weighted by atomic mass is 9.93. The van der Waals surface area contributed by atoms with Crippen molar-refractivity contribution in [1.29, 1.82) is 0 Å². The molecule has 3 nitrogen and oxygen atoms in total. The third-order valence-corrected chi connectivity index (χ3v) is 6.73. The Hall–Kier alpha value is -1.65. The van der Waals surface area contributed by atoms with Gasteiger partial charge in [0.15, 0.2) is 0 Å². The maximum absolute atomic E-state index is 13.3. The van der Waals surface area contributed by atoms with Crippen LogP contribution in [-0.2, 0) is 19.4 Å². The third kappa shape index (κ3) is 3.45. The molecular weight excluding hydrogens is 340 g/mol. The minimum atomic E-state index is 0.234. The maximum Gasteiger partial charge on any atom is 0.264 e. The van der Waals surface area contributed by atoms with Crippen LogP contribution in [0.5, 0.6) is 0 Å². The molecule has 2 aliphatic rings. The molecule has 0 N–H and O–H groups in total. The number of carbonyl (C=O) groups excluding carboxylic acids is 1. The van der Waals surface area contributed by atoms with Gasteiger partial charge in [0.05, 0.1) is 10.9 Å². The number of benzene rings is 1. The average Bonchev–Trinajstić information content (AvgIpc) is 3.28. The zero-order valence-electron chi connectivity index (χ0n) is 15.8. The number of aryl methyl sites for hydroxylation is 1. The molecule has 0 bridgehead atoms. The van der Waals surface area contributed by atoms with E-state index in [0.29, 0.717) is 0 Å². The van der Waals surface area contributed by atoms with Crippen molar-refractivity contribution in [3.63, 3.8) is 0 Å². The Morgan fingerprint density at radius 3 is 2.69 bits per heavy atom. The SMILES string of the molecule is CN(C)Cc1ccc([C@H]2CCCN2C(=O)c2scc3c2CCCC3)cc1. The molecule has 1 aliphatic carbocycles. The molecule has 4 heteroatoms. The van der Waals surface area contributed by atoms with Crippen LogP contribution in [0.1, 0.15) is 63.7 Å². The van der Waals surface area contributed by atoms with Gasteiger partial charge in [-0.05, 0) is 80.3 Å². The van der Waals surface area contributed by atoms with Gasteiger partial charge in [0.2, 0.25) is 0 Å². The van der Waals surface area contributed by atoms with Crippen LogP contribution in [0, 0.1) is 0 Å². The van der Waals surface area contributed by atoms with Crippen molar-refractivity contribution < 1.29 is 4.79 Å². The van der Waals surface area contributed by atoms with Gasteiger partial charge in [0.1, 0.15) is 0 Å². The molecule has 1 aromatic carbocycles. The summed E-state index contributed by atoms with van der Waals surface area (Å²) < 4.78 is 0. The number of fused-ring (bicyclic) bond motifs is 1. The summed E-state index contributed by atoms with van der Waals surface area (Å²) in [6.07, 6.45) is 6.90. The second-order valence-electron chi connectivity index (χ2n) is 7.91. The number of nitrogens with zero attached hydrogens (tertiary/aromatic N) is 2. The molecule has 1 aromatic heterocycles. The number of hydrogen-bond acceptors (Lipinski definition) is 3. The van der Waals surface area contributed by atoms with E-state index in [1.54, 1.807) is 11.3 Å². The summed E-state index contributed by atoms with van der Waals surface area (Å²) in [5.74, 6) is 0.262. The van der Waals surface area contributed by atoms with Crippen molar-refractivity contribution in [2.45, 2.75) is 51.1 Å². The maximum atomic E-state index is 13.3. The Morgan fingerprint density at radius 1 is 1.15 bits per heavy atom. The highest BCUT2D eigenvalue weighted by atomic mass is 32.1. The predicted molar refractivity (Wildman–Crippen MR) is 108 cm³/mol. The average molecular weight is 369 g/mol. The number of rotatable bonds is 4. The smallest absolute Gasteiger partial charge is 0.264 e. The van der Waals surface area contributed by atoms with Crippen molar-refractivity contribution in [1.82, 2.24) is 9.80 Å². The van der Waals surface area contributed by atoms with Gasteiger partial charge in [-0.2, -0.15) is 0 Å². The van der Waals surface area contributed by atoms with E-state index >= 15 is 0 Å². The molecule has 2 aromatic rings. The normalized spacial score (nSPS) is 19.8. The van der Waals surface area contributed by atoms with Crippen LogP contribution in [0.2, 0.25) is 0 Å². The van der Waals surface area contributed by atoms with Gasteiger partial charge in [0.25, 0.3) is 5.91 Å². The topological polar surface area (TPSA) is 23.6 Å². The first kappa shape index (κ1) is 17.7. The van der Waals surface area contributed by atoms with Gasteiger partial charge in [-0.3, -0.25) is 4.79 Å². The highest BCUT2D eigenvalue weighted by molar-refractivity contribution is 7.12. The van der Waals surface area contributed by atoms with E-state index in [2.05, 4.69) is 53.5 Å². The molecule has 26 heavy (non-hydrogen) atoms. The number of thiophene rings is 1. The molecule has 4 rings (SSSR count). The number of amides is 1. The minimum Gasteiger partial charge on any atom is -0.331 e. The molecule has 1 fully saturated rings. The van der Waals surface area contributed by atoms with Crippen LogP contribution in [0.25, 0.3) is 0 Å². The van der Waals surface area contributed by atoms with E-state index < -0.39 is 0 Å². The summed E-state index contributed by atoms with van der Waals surface area (Å²) in [6.45, 7) is 1.84. The molecule has 0 unspecified atom stereocenters. The lowest BCUT2D eigenvalue weighted by Gasteiger charge is -2.26. The molecule has 1 saturated heterocycles. The van der Waals surface area contributed by atoms with Crippen LogP contribution in [-0.4, -0.2) is 36.3 Å². The summed E-state index contributed by atoms with van der Waals surface area (Å²) >= 11 is 1.67. The van der Waals surface area contributed by atoms with Gasteiger partial charge < -0.3 is 9.80 Å². The van der Waals surface area contributed by atoms with Gasteiger partial charge in [0, 0.05) is 13.1 Å². The lowest BCUT2D eigenvalue weighted by Crippen LogP contribution is -2.30. The fraction of sp³-hybridized carbons (Fsp3) is 0.500. The monoisotopic (exact) mass is 368 g/mol. The first-order valence-corrected chi connectivity index (χ1v) is 10.6. The zero-order valence-corrected chi connectivity index (χ0v) is 16.6. The molecule has 1 aliphatic heterocycles. The Kier molecular flexibility index (Phi) is 5.14. The van der Waals surface area contributed by atoms with Crippen LogP contribution >= 0.6 is 11.3 Å². The van der Waals surface area contributed by atoms with Crippen molar-refractivity contribution >= 4 is 17.2 Å². The van der Waals surface area contributed by atoms with Crippen molar-refractivity contribution in [2.24, 2.45) is 0 Å². The van der Waals surface area contributed by atoms with Crippen LogP contribution < -0.4 is 0 Å². The Bertz CT molecular complexity index is 778. The van der Waals surface area contributed by atoms with Crippen molar-refractivity contribution in [3.8, 4) is 0 Å². The Morgan fingerprint density at radius 2 is 1.92 bits per heavy atom. The first-order valence-electron chi connectivity index (χ1n) is 9.77. The number of likely N-dealkylation sites (tertiary alicyclic amines) is 1. The van der Waals surface area contributed by atoms with E-state index in [9.17, 15) is 4.79 Å². The summed E-state index contributed by atoms with van der Waals surface area (Å²) in [7, 11) is 4.18. The Balaban J connectivity index is 1.55. The first-order chi connectivity index (χ1) is 12.6. The van der Waals surface area contributed by atoms with E-state index in [1.165, 1.54) is 35.1 Å². The predicted octanol–water partition coefficient (Wildman–Crippen LogP) is 4.67. The summed E-state index contributed by atoms with van der Waals surface area (Å²) in [6, 6.07) is 9.10. The van der Waals surface area contributed by atoms with Gasteiger partial charge in [-0.25, -0.2) is 0 Å². The quantitative estimate of drug-likeness (QED) is 0.783. The highest BCUT2D eigenvalue weighted by Gasteiger charge is 2.33. The van der Waals surface area contributed by atoms with E-state index in [-0.39, 0.29) is 11.9 Å². The van der Waals surface area contributed by atoms with Gasteiger partial charge in [-0.15, -0.1) is 11.3 Å². The van der Waals surface area contributed by atoms with Gasteiger partial charge >= 0.3 is 0 Å². The molecule has 138 valence electrons. The van der Waals surface area contributed by atoms with E-state index in [4.69, 9.17) is 0 Å². The fourth-order valence-electron chi connectivity index (χ4n) is 4.40. The van der Waals surface area contributed by atoms with E-state index in [1.807, 2.05) is 0 Å². The minimum absolute atomic E-state index is 0.234. The van der Waals surface area contributed by atoms with Crippen molar-refractivity contribution in [2.75, 3.05) is 20.6 Å². The fourth-order valence-corrected chi connectivity index (χ4v) is 5.51. The second-order valence-corrected chi connectivity index (χ2v) is 8.79. The summed E-state index contributed by atoms with van der Waals surface area (Å²) in [5, 5.41) is 2.23. The zero-order chi connectivity index (χ0) is 18.1. The highest BCUT2D eigenvalue weighted by Crippen LogP contribution is 2.37. The molecule has 0 radical (unpaired) electrons. The number of hydrogen-bond donors (Lipinski definition) is 0. The molecule has 2 heterocycles. The largest absolute Gasteiger partial charge is 0.331 e. The summed E-state index contributed by atoms with van der Waals surface area (Å²) in [5.41, 5.74) is 5.37. The molecule has 1 atom stereocenters. The Labute approximate surface area is 160 Å². The third-order valence-electron chi connectivity index (χ3n) is 5.67. The van der Waals surface area contributed by atoms with Crippen molar-refractivity contribution in [3.05, 3.63) is 56.8 Å². The molecule has 0 saturated carbocycles. The van der Waals surface area contributed by atoms with Crippen LogP contribution in [0.15, 0.2) is 29.6 Å². The molecule has 1 amide bonds. The lowest BCUT2D eigenvalue weighted by molar-refractivity contribution is 0.0739. The second kappa shape index (κ2) is 7.53. The molecular formula is C22H28N2OS. The van der Waals surface area contributed by atoms with Crippen LogP contribution in [0.4, 0.5) is 0 Å². The van der Waals surface area contributed by atoms with E-state index in [0.717, 1.165) is 43.6 Å². The number of carbonyl (C=O) groups is 1. The van der Waals surface area contributed by atoms with Crippen LogP contribution in [0.3, 0.4) is 0 Å².